The van der Waals surface area contributed by atoms with Gasteiger partial charge in [-0.05, 0) is 29.8 Å². The molecule has 2 aromatic carbocycles. The van der Waals surface area contributed by atoms with E-state index in [9.17, 15) is 24.0 Å². The molecule has 0 radical (unpaired) electrons. The van der Waals surface area contributed by atoms with Gasteiger partial charge in [-0.15, -0.1) is 0 Å². The lowest BCUT2D eigenvalue weighted by Gasteiger charge is -2.13. The fourth-order valence-corrected chi connectivity index (χ4v) is 1.84. The fourth-order valence-electron chi connectivity index (χ4n) is 1.84. The van der Waals surface area contributed by atoms with Crippen LogP contribution in [0.4, 0.5) is 14.5 Å². The van der Waals surface area contributed by atoms with Gasteiger partial charge in [-0.25, -0.2) is 8.78 Å². The highest BCUT2D eigenvalue weighted by Crippen LogP contribution is 2.29. The monoisotopic (exact) mass is 320 g/mol. The lowest BCUT2D eigenvalue weighted by molar-refractivity contribution is -0.386. The van der Waals surface area contributed by atoms with Gasteiger partial charge >= 0.3 is 5.69 Å². The van der Waals surface area contributed by atoms with Crippen LogP contribution >= 0.6 is 0 Å². The van der Waals surface area contributed by atoms with Crippen molar-refractivity contribution in [1.29, 1.82) is 5.26 Å². The van der Waals surface area contributed by atoms with Gasteiger partial charge in [0, 0.05) is 6.07 Å². The zero-order valence-corrected chi connectivity index (χ0v) is 11.6. The molecule has 2 aromatic rings. The van der Waals surface area contributed by atoms with Crippen LogP contribution in [0.25, 0.3) is 0 Å². The van der Waals surface area contributed by atoms with Crippen LogP contribution in [0.3, 0.4) is 0 Å². The van der Waals surface area contributed by atoms with Crippen LogP contribution < -0.4 is 4.74 Å². The Hall–Kier alpha value is -3.05. The molecular weight excluding hydrogens is 310 g/mol. The van der Waals surface area contributed by atoms with E-state index in [1.54, 1.807) is 6.07 Å². The molecule has 0 aliphatic carbocycles. The zero-order chi connectivity index (χ0) is 17.0. The fraction of sp³-hybridized carbons (Fsp3) is 0.133. The lowest BCUT2D eigenvalue weighted by atomic mass is 10.1. The highest BCUT2D eigenvalue weighted by atomic mass is 19.2. The Morgan fingerprint density at radius 3 is 2.61 bits per heavy atom. The number of nitrogens with zero attached hydrogens (tertiary/aromatic N) is 2. The van der Waals surface area contributed by atoms with Crippen molar-refractivity contribution in [3.05, 3.63) is 69.3 Å². The summed E-state index contributed by atoms with van der Waals surface area (Å²) in [6.45, 7) is -0.405. The maximum atomic E-state index is 13.1. The van der Waals surface area contributed by atoms with Crippen molar-refractivity contribution < 1.29 is 23.5 Å². The highest BCUT2D eigenvalue weighted by Gasteiger charge is 2.18. The SMILES string of the molecule is N#Cc1ccc(OCC(O)c2ccc(F)c(F)c2)c([N+](=O)[O-])c1. The third kappa shape index (κ3) is 3.78. The standard InChI is InChI=1S/C15H10F2N2O4/c16-11-3-2-10(6-12(11)17)14(20)8-23-15-4-1-9(7-18)5-13(15)19(21)22/h1-6,14,20H,8H2. The van der Waals surface area contributed by atoms with Crippen LogP contribution in [0, 0.1) is 33.1 Å². The maximum absolute atomic E-state index is 13.1. The summed E-state index contributed by atoms with van der Waals surface area (Å²) in [5, 5.41) is 29.6. The molecule has 0 heterocycles. The largest absolute Gasteiger partial charge is 0.484 e. The molecule has 8 heteroatoms. The van der Waals surface area contributed by atoms with Crippen molar-refractivity contribution in [1.82, 2.24) is 0 Å². The summed E-state index contributed by atoms with van der Waals surface area (Å²) in [5.74, 6) is -2.31. The number of nitro benzene ring substituents is 1. The Balaban J connectivity index is 2.15. The summed E-state index contributed by atoms with van der Waals surface area (Å²) in [6, 6.07) is 8.22. The molecule has 0 aromatic heterocycles. The van der Waals surface area contributed by atoms with Gasteiger partial charge in [-0.3, -0.25) is 10.1 Å². The number of hydrogen-bond acceptors (Lipinski definition) is 5. The summed E-state index contributed by atoms with van der Waals surface area (Å²) >= 11 is 0. The van der Waals surface area contributed by atoms with Gasteiger partial charge in [-0.1, -0.05) is 6.07 Å². The molecule has 0 aliphatic rings. The molecule has 2 rings (SSSR count). The van der Waals surface area contributed by atoms with Gasteiger partial charge in [0.15, 0.2) is 17.4 Å². The normalized spacial score (nSPS) is 11.6. The molecule has 1 N–H and O–H groups in total. The predicted molar refractivity (Wildman–Crippen MR) is 74.6 cm³/mol. The van der Waals surface area contributed by atoms with Crippen molar-refractivity contribution in [3.63, 3.8) is 0 Å². The molecule has 23 heavy (non-hydrogen) atoms. The lowest BCUT2D eigenvalue weighted by Crippen LogP contribution is -2.11. The Morgan fingerprint density at radius 1 is 1.26 bits per heavy atom. The zero-order valence-electron chi connectivity index (χ0n) is 11.6. The van der Waals surface area contributed by atoms with Gasteiger partial charge in [0.1, 0.15) is 12.7 Å². The first kappa shape index (κ1) is 16.3. The molecular formula is C15H10F2N2O4. The summed E-state index contributed by atoms with van der Waals surface area (Å²) in [6.07, 6.45) is -1.31. The number of aliphatic hydroxyl groups is 1. The maximum Gasteiger partial charge on any atom is 0.312 e. The van der Waals surface area contributed by atoms with E-state index in [1.807, 2.05) is 0 Å². The molecule has 6 nitrogen and oxygen atoms in total. The Labute approximate surface area is 129 Å². The summed E-state index contributed by atoms with van der Waals surface area (Å²) in [5.41, 5.74) is -0.271. The Morgan fingerprint density at radius 2 is 2.00 bits per heavy atom. The number of halogens is 2. The van der Waals surface area contributed by atoms with Crippen LogP contribution in [-0.2, 0) is 0 Å². The van der Waals surface area contributed by atoms with E-state index in [-0.39, 0.29) is 16.9 Å². The molecule has 0 amide bonds. The first-order chi connectivity index (χ1) is 10.9. The predicted octanol–water partition coefficient (Wildman–Crippen LogP) is 2.86. The third-order valence-corrected chi connectivity index (χ3v) is 3.01. The van der Waals surface area contributed by atoms with Crippen molar-refractivity contribution in [2.75, 3.05) is 6.61 Å². The topological polar surface area (TPSA) is 96.4 Å². The minimum Gasteiger partial charge on any atom is -0.484 e. The molecule has 118 valence electrons. The summed E-state index contributed by atoms with van der Waals surface area (Å²) < 4.78 is 31.1. The molecule has 1 atom stereocenters. The molecule has 0 aliphatic heterocycles. The quantitative estimate of drug-likeness (QED) is 0.675. The number of benzene rings is 2. The van der Waals surface area contributed by atoms with E-state index in [0.717, 1.165) is 18.2 Å². The average Bonchev–Trinajstić information content (AvgIpc) is 2.54. The van der Waals surface area contributed by atoms with Gasteiger partial charge in [0.25, 0.3) is 0 Å². The molecule has 0 spiro atoms. The van der Waals surface area contributed by atoms with Gasteiger partial charge in [0.05, 0.1) is 16.6 Å². The van der Waals surface area contributed by atoms with Crippen LogP contribution in [0.2, 0.25) is 0 Å². The smallest absolute Gasteiger partial charge is 0.312 e. The number of aliphatic hydroxyl groups excluding tert-OH is 1. The van der Waals surface area contributed by atoms with E-state index in [0.29, 0.717) is 0 Å². The molecule has 0 fully saturated rings. The minimum absolute atomic E-state index is 0.0696. The average molecular weight is 320 g/mol. The van der Waals surface area contributed by atoms with E-state index in [2.05, 4.69) is 0 Å². The van der Waals surface area contributed by atoms with Crippen LogP contribution in [0.1, 0.15) is 17.2 Å². The van der Waals surface area contributed by atoms with E-state index in [1.165, 1.54) is 18.2 Å². The number of ether oxygens (including phenoxy) is 1. The van der Waals surface area contributed by atoms with Crippen LogP contribution in [-0.4, -0.2) is 16.6 Å². The molecule has 0 saturated heterocycles. The second-order valence-corrected chi connectivity index (χ2v) is 4.55. The number of rotatable bonds is 5. The second-order valence-electron chi connectivity index (χ2n) is 4.55. The highest BCUT2D eigenvalue weighted by molar-refractivity contribution is 5.51. The van der Waals surface area contributed by atoms with Crippen molar-refractivity contribution in [3.8, 4) is 11.8 Å². The Kier molecular flexibility index (Phi) is 4.83. The van der Waals surface area contributed by atoms with Gasteiger partial charge in [0.2, 0.25) is 0 Å². The third-order valence-electron chi connectivity index (χ3n) is 3.01. The van der Waals surface area contributed by atoms with Crippen LogP contribution in [0.5, 0.6) is 5.75 Å². The molecule has 0 bridgehead atoms. The summed E-state index contributed by atoms with van der Waals surface area (Å²) in [7, 11) is 0. The first-order valence-electron chi connectivity index (χ1n) is 6.36. The van der Waals surface area contributed by atoms with Crippen molar-refractivity contribution >= 4 is 5.69 Å². The van der Waals surface area contributed by atoms with Crippen molar-refractivity contribution in [2.45, 2.75) is 6.10 Å². The van der Waals surface area contributed by atoms with Gasteiger partial charge < -0.3 is 9.84 Å². The molecule has 0 saturated carbocycles. The van der Waals surface area contributed by atoms with Crippen molar-refractivity contribution in [2.24, 2.45) is 0 Å². The summed E-state index contributed by atoms with van der Waals surface area (Å²) in [4.78, 5) is 10.2. The Bertz CT molecular complexity index is 790. The number of nitriles is 1. The number of hydrogen-bond donors (Lipinski definition) is 1. The number of nitro groups is 1. The minimum atomic E-state index is -1.31. The van der Waals surface area contributed by atoms with Gasteiger partial charge in [-0.2, -0.15) is 5.26 Å². The van der Waals surface area contributed by atoms with Crippen LogP contribution in [0.15, 0.2) is 36.4 Å². The second kappa shape index (κ2) is 6.81. The molecule has 1 unspecified atom stereocenters. The van der Waals surface area contributed by atoms with E-state index < -0.39 is 35.0 Å². The van der Waals surface area contributed by atoms with E-state index >= 15 is 0 Å². The first-order valence-corrected chi connectivity index (χ1v) is 6.36. The van der Waals surface area contributed by atoms with E-state index in [4.69, 9.17) is 10.00 Å².